The molecule has 3 aliphatic heterocycles. The minimum atomic E-state index is -4.80. The molecule has 3 heterocycles. The van der Waals surface area contributed by atoms with Gasteiger partial charge in [0.15, 0.2) is 10.3 Å². The van der Waals surface area contributed by atoms with Crippen molar-refractivity contribution >= 4 is 22.2 Å². The third kappa shape index (κ3) is 3.59. The molecule has 3 rings (SSSR count). The van der Waals surface area contributed by atoms with Gasteiger partial charge in [0.05, 0.1) is 25.7 Å². The number of nitrogens with one attached hydrogen (secondary N) is 2. The van der Waals surface area contributed by atoms with Crippen molar-refractivity contribution in [2.45, 2.75) is 43.8 Å². The molecule has 0 aromatic heterocycles. The highest BCUT2D eigenvalue weighted by Gasteiger charge is 2.58. The second-order valence-corrected chi connectivity index (χ2v) is 8.20. The Labute approximate surface area is 147 Å². The van der Waals surface area contributed by atoms with Crippen molar-refractivity contribution in [3.05, 3.63) is 0 Å². The van der Waals surface area contributed by atoms with Crippen LogP contribution in [-0.2, 0) is 15.1 Å². The zero-order chi connectivity index (χ0) is 18.2. The molecule has 0 aromatic carbocycles. The van der Waals surface area contributed by atoms with Crippen molar-refractivity contribution in [1.29, 1.82) is 0 Å². The normalized spacial score (nSPS) is 32.8. The molecule has 142 valence electrons. The lowest BCUT2D eigenvalue weighted by atomic mass is 10.0. The summed E-state index contributed by atoms with van der Waals surface area (Å²) in [7, 11) is -4.80. The molecule has 0 aromatic rings. The first-order valence-corrected chi connectivity index (χ1v) is 10.1. The lowest BCUT2D eigenvalue weighted by molar-refractivity contribution is -0.897. The van der Waals surface area contributed by atoms with E-state index >= 15 is 0 Å². The van der Waals surface area contributed by atoms with Gasteiger partial charge in [0.1, 0.15) is 6.04 Å². The Morgan fingerprint density at radius 3 is 2.76 bits per heavy atom. The number of nitrogens with zero attached hydrogens (tertiary/aromatic N) is 2. The summed E-state index contributed by atoms with van der Waals surface area (Å²) in [4.78, 5) is 27.3. The van der Waals surface area contributed by atoms with Gasteiger partial charge in [0, 0.05) is 25.6 Å². The summed E-state index contributed by atoms with van der Waals surface area (Å²) in [5, 5.41) is 2.97. The molecule has 0 radical (unpaired) electrons. The summed E-state index contributed by atoms with van der Waals surface area (Å²) in [5.41, 5.74) is 5.60. The van der Waals surface area contributed by atoms with Gasteiger partial charge in [-0.1, -0.05) is 0 Å². The fourth-order valence-corrected chi connectivity index (χ4v) is 5.02. The highest BCUT2D eigenvalue weighted by molar-refractivity contribution is 7.84. The number of rotatable bonds is 4. The SMILES string of the molecule is NCC[NH+]1CCC[C@H](NC(=O)N2CC[C@@H]3[C@H]2C(=O)N3S(=O)(=O)[O-])CC1. The summed E-state index contributed by atoms with van der Waals surface area (Å²) in [5.74, 6) is -0.799. The van der Waals surface area contributed by atoms with Crippen LogP contribution in [0.5, 0.6) is 0 Å². The first kappa shape index (κ1) is 18.4. The number of urea groups is 1. The van der Waals surface area contributed by atoms with Gasteiger partial charge in [-0.3, -0.25) is 4.79 Å². The maximum absolute atomic E-state index is 12.5. The Morgan fingerprint density at radius 1 is 1.32 bits per heavy atom. The monoisotopic (exact) mass is 375 g/mol. The van der Waals surface area contributed by atoms with E-state index in [9.17, 15) is 22.6 Å². The van der Waals surface area contributed by atoms with Gasteiger partial charge in [-0.05, 0) is 19.3 Å². The van der Waals surface area contributed by atoms with E-state index in [0.717, 1.165) is 38.9 Å². The van der Waals surface area contributed by atoms with Crippen LogP contribution in [0.2, 0.25) is 0 Å². The van der Waals surface area contributed by atoms with Crippen molar-refractivity contribution in [1.82, 2.24) is 14.5 Å². The summed E-state index contributed by atoms with van der Waals surface area (Å²) in [6.07, 6.45) is 3.02. The van der Waals surface area contributed by atoms with E-state index in [1.807, 2.05) is 0 Å². The first-order valence-electron chi connectivity index (χ1n) is 8.72. The molecule has 10 nitrogen and oxygen atoms in total. The van der Waals surface area contributed by atoms with Crippen molar-refractivity contribution in [3.63, 3.8) is 0 Å². The van der Waals surface area contributed by atoms with E-state index in [2.05, 4.69) is 5.32 Å². The number of β-lactam (4-membered cyclic amide) rings is 1. The van der Waals surface area contributed by atoms with Crippen LogP contribution in [0.3, 0.4) is 0 Å². The Morgan fingerprint density at radius 2 is 2.08 bits per heavy atom. The number of likely N-dealkylation sites (tertiary alicyclic amines) is 2. The van der Waals surface area contributed by atoms with Crippen molar-refractivity contribution in [2.75, 3.05) is 32.7 Å². The van der Waals surface area contributed by atoms with Crippen LogP contribution in [-0.4, -0.2) is 85.0 Å². The Balaban J connectivity index is 1.56. The van der Waals surface area contributed by atoms with E-state index in [4.69, 9.17) is 5.73 Å². The minimum absolute atomic E-state index is 0.0383. The van der Waals surface area contributed by atoms with E-state index in [-0.39, 0.29) is 18.6 Å². The van der Waals surface area contributed by atoms with Crippen molar-refractivity contribution in [3.8, 4) is 0 Å². The Kier molecular flexibility index (Phi) is 5.19. The largest absolute Gasteiger partial charge is 0.731 e. The van der Waals surface area contributed by atoms with Gasteiger partial charge >= 0.3 is 6.03 Å². The Bertz CT molecular complexity index is 642. The number of fused-ring (bicyclic) bond motifs is 1. The van der Waals surface area contributed by atoms with Crippen molar-refractivity contribution in [2.24, 2.45) is 5.73 Å². The zero-order valence-electron chi connectivity index (χ0n) is 14.0. The average Bonchev–Trinajstić information content (AvgIpc) is 2.75. The zero-order valence-corrected chi connectivity index (χ0v) is 14.8. The predicted octanol–water partition coefficient (Wildman–Crippen LogP) is -3.16. The third-order valence-electron chi connectivity index (χ3n) is 5.39. The number of hydrogen-bond donors (Lipinski definition) is 3. The predicted molar refractivity (Wildman–Crippen MR) is 86.2 cm³/mol. The second-order valence-electron chi connectivity index (χ2n) is 6.95. The van der Waals surface area contributed by atoms with E-state index in [0.29, 0.717) is 17.3 Å². The third-order valence-corrected chi connectivity index (χ3v) is 6.33. The molecule has 3 saturated heterocycles. The number of carbonyl (C=O) groups is 2. The van der Waals surface area contributed by atoms with Crippen LogP contribution in [0, 0.1) is 0 Å². The standard InChI is InChI=1S/C14H25N5O5S/c15-5-9-17-6-1-2-10(3-7-17)16-14(21)18-8-4-11-12(18)13(20)19(11)25(22,23)24/h10-12H,1-9,15H2,(H,16,21)(H,22,23,24)/t10-,11+,12-/m0/s1. The highest BCUT2D eigenvalue weighted by Crippen LogP contribution is 2.35. The number of carbonyl (C=O) groups excluding carboxylic acids is 2. The van der Waals surface area contributed by atoms with Gasteiger partial charge in [0.2, 0.25) is 0 Å². The summed E-state index contributed by atoms with van der Waals surface area (Å²) in [6.45, 7) is 3.81. The molecule has 4 atom stereocenters. The van der Waals surface area contributed by atoms with Gasteiger partial charge < -0.3 is 25.4 Å². The lowest BCUT2D eigenvalue weighted by Gasteiger charge is -2.45. The fourth-order valence-electron chi connectivity index (χ4n) is 4.14. The van der Waals surface area contributed by atoms with Crippen LogP contribution >= 0.6 is 0 Å². The topological polar surface area (TPSA) is 140 Å². The first-order chi connectivity index (χ1) is 11.8. The molecule has 0 bridgehead atoms. The summed E-state index contributed by atoms with van der Waals surface area (Å²) < 4.78 is 33.7. The smallest absolute Gasteiger partial charge is 0.318 e. The quantitative estimate of drug-likeness (QED) is 0.350. The lowest BCUT2D eigenvalue weighted by Crippen LogP contribution is -3.12. The van der Waals surface area contributed by atoms with Crippen LogP contribution in [0.1, 0.15) is 25.7 Å². The van der Waals surface area contributed by atoms with Gasteiger partial charge in [-0.2, -0.15) is 0 Å². The molecule has 3 aliphatic rings. The van der Waals surface area contributed by atoms with Crippen LogP contribution in [0.4, 0.5) is 4.79 Å². The fraction of sp³-hybridized carbons (Fsp3) is 0.857. The van der Waals surface area contributed by atoms with Gasteiger partial charge in [0.25, 0.3) is 5.91 Å². The molecule has 1 unspecified atom stereocenters. The Hall–Kier alpha value is -1.43. The number of quaternary nitrogens is 1. The number of nitrogens with two attached hydrogens (primary N) is 1. The molecule has 25 heavy (non-hydrogen) atoms. The summed E-state index contributed by atoms with van der Waals surface area (Å²) >= 11 is 0. The van der Waals surface area contributed by atoms with E-state index < -0.39 is 28.3 Å². The minimum Gasteiger partial charge on any atom is -0.731 e. The van der Waals surface area contributed by atoms with Gasteiger partial charge in [-0.25, -0.2) is 17.5 Å². The second kappa shape index (κ2) is 7.06. The van der Waals surface area contributed by atoms with Crippen LogP contribution < -0.4 is 16.0 Å². The molecule has 4 N–H and O–H groups in total. The molecule has 0 spiro atoms. The van der Waals surface area contributed by atoms with Crippen LogP contribution in [0.25, 0.3) is 0 Å². The van der Waals surface area contributed by atoms with E-state index in [1.165, 1.54) is 9.80 Å². The molecule has 0 saturated carbocycles. The number of hydrogen-bond acceptors (Lipinski definition) is 6. The molecular weight excluding hydrogens is 350 g/mol. The molecule has 11 heteroatoms. The molecule has 3 fully saturated rings. The highest BCUT2D eigenvalue weighted by atomic mass is 32.2. The maximum atomic E-state index is 12.5. The molecular formula is C14H25N5O5S. The van der Waals surface area contributed by atoms with Gasteiger partial charge in [-0.15, -0.1) is 0 Å². The van der Waals surface area contributed by atoms with E-state index in [1.54, 1.807) is 0 Å². The molecule has 3 amide bonds. The number of amides is 3. The van der Waals surface area contributed by atoms with Crippen LogP contribution in [0.15, 0.2) is 0 Å². The summed E-state index contributed by atoms with van der Waals surface area (Å²) in [6, 6.07) is -1.85. The average molecular weight is 375 g/mol. The van der Waals surface area contributed by atoms with Crippen molar-refractivity contribution < 1.29 is 27.5 Å². The molecule has 0 aliphatic carbocycles. The maximum Gasteiger partial charge on any atom is 0.318 e.